The number of carbonyl (C=O) groups excluding carboxylic acids is 1. The number of carbonyl (C=O) groups is 1. The van der Waals surface area contributed by atoms with E-state index in [0.717, 1.165) is 38.5 Å². The van der Waals surface area contributed by atoms with Crippen molar-refractivity contribution in [3.8, 4) is 0 Å². The van der Waals surface area contributed by atoms with E-state index in [1.54, 1.807) is 19.0 Å². The molecule has 4 nitrogen and oxygen atoms in total. The topological polar surface area (TPSA) is 60.8 Å². The van der Waals surface area contributed by atoms with E-state index < -0.39 is 5.60 Å². The van der Waals surface area contributed by atoms with E-state index in [2.05, 4.69) is 24.3 Å². The second-order valence-electron chi connectivity index (χ2n) is 9.93. The zero-order valence-corrected chi connectivity index (χ0v) is 19.3. The molecule has 0 saturated heterocycles. The standard InChI is InChI=1S/C27H39NO3/c1-27(31,15-13-20-9-5-4-6-10-20)16-14-23-24-18-21(17-22(24)19-25(23)29)11-7-8-12-26(30)28(2)3/h4-6,9-10,14,16-17,22-25,29,31H,7-8,11-13,15,18-19H2,1-3H3/t22-,23+,24-,25+,27+/m0/s1. The summed E-state index contributed by atoms with van der Waals surface area (Å²) >= 11 is 0. The van der Waals surface area contributed by atoms with Gasteiger partial charge in [-0.2, -0.15) is 0 Å². The summed E-state index contributed by atoms with van der Waals surface area (Å²) in [5, 5.41) is 21.4. The summed E-state index contributed by atoms with van der Waals surface area (Å²) in [6.45, 7) is 1.86. The SMILES string of the molecule is CN(C)C(=O)CCCCC1=C[C@H]2C[C@@H](O)[C@H](C=C[C@](C)(O)CCc3ccccc3)[C@H]2C1. The van der Waals surface area contributed by atoms with Crippen LogP contribution in [0.25, 0.3) is 0 Å². The van der Waals surface area contributed by atoms with Gasteiger partial charge in [-0.25, -0.2) is 0 Å². The fraction of sp³-hybridized carbons (Fsp3) is 0.593. The summed E-state index contributed by atoms with van der Waals surface area (Å²) in [7, 11) is 3.61. The van der Waals surface area contributed by atoms with E-state index in [1.165, 1.54) is 11.1 Å². The Bertz CT molecular complexity index is 781. The lowest BCUT2D eigenvalue weighted by atomic mass is 9.87. The number of aryl methyl sites for hydroxylation is 1. The molecule has 0 radical (unpaired) electrons. The molecule has 1 aromatic rings. The van der Waals surface area contributed by atoms with Crippen molar-refractivity contribution in [1.29, 1.82) is 0 Å². The van der Waals surface area contributed by atoms with Crippen LogP contribution in [0, 0.1) is 17.8 Å². The molecule has 3 rings (SSSR count). The van der Waals surface area contributed by atoms with Gasteiger partial charge in [0.1, 0.15) is 0 Å². The van der Waals surface area contributed by atoms with Crippen molar-refractivity contribution in [1.82, 2.24) is 4.90 Å². The predicted octanol–water partition coefficient (Wildman–Crippen LogP) is 4.52. The second kappa shape index (κ2) is 10.6. The third-order valence-electron chi connectivity index (χ3n) is 7.03. The van der Waals surface area contributed by atoms with Gasteiger partial charge in [0.25, 0.3) is 0 Å². The van der Waals surface area contributed by atoms with Crippen LogP contribution in [0.4, 0.5) is 0 Å². The fourth-order valence-corrected chi connectivity index (χ4v) is 5.09. The molecule has 0 aliphatic heterocycles. The van der Waals surface area contributed by atoms with Crippen LogP contribution in [0.15, 0.2) is 54.1 Å². The van der Waals surface area contributed by atoms with Crippen molar-refractivity contribution in [2.45, 2.75) is 70.0 Å². The number of rotatable bonds is 10. The van der Waals surface area contributed by atoms with Gasteiger partial charge < -0.3 is 15.1 Å². The van der Waals surface area contributed by atoms with Crippen LogP contribution in [-0.2, 0) is 11.2 Å². The highest BCUT2D eigenvalue weighted by molar-refractivity contribution is 5.75. The number of fused-ring (bicyclic) bond motifs is 1. The van der Waals surface area contributed by atoms with E-state index in [9.17, 15) is 15.0 Å². The number of allylic oxidation sites excluding steroid dienone is 2. The van der Waals surface area contributed by atoms with Gasteiger partial charge in [0, 0.05) is 26.4 Å². The fourth-order valence-electron chi connectivity index (χ4n) is 5.09. The summed E-state index contributed by atoms with van der Waals surface area (Å²) in [5.74, 6) is 1.19. The Morgan fingerprint density at radius 1 is 1.19 bits per heavy atom. The highest BCUT2D eigenvalue weighted by atomic mass is 16.3. The number of benzene rings is 1. The molecule has 1 saturated carbocycles. The Morgan fingerprint density at radius 2 is 1.94 bits per heavy atom. The van der Waals surface area contributed by atoms with Crippen molar-refractivity contribution in [2.75, 3.05) is 14.1 Å². The lowest BCUT2D eigenvalue weighted by Crippen LogP contribution is -2.24. The van der Waals surface area contributed by atoms with Crippen LogP contribution in [0.2, 0.25) is 0 Å². The first-order chi connectivity index (χ1) is 14.7. The number of hydrogen-bond donors (Lipinski definition) is 2. The molecule has 0 heterocycles. The number of unbranched alkanes of at least 4 members (excludes halogenated alkanes) is 1. The molecule has 31 heavy (non-hydrogen) atoms. The van der Waals surface area contributed by atoms with Gasteiger partial charge in [-0.3, -0.25) is 4.79 Å². The molecule has 2 aliphatic carbocycles. The zero-order valence-electron chi connectivity index (χ0n) is 19.3. The summed E-state index contributed by atoms with van der Waals surface area (Å²) in [6, 6.07) is 10.2. The van der Waals surface area contributed by atoms with Gasteiger partial charge in [-0.1, -0.05) is 54.1 Å². The molecule has 1 fully saturated rings. The van der Waals surface area contributed by atoms with Crippen molar-refractivity contribution in [3.05, 3.63) is 59.7 Å². The normalized spacial score (nSPS) is 27.2. The van der Waals surface area contributed by atoms with Crippen LogP contribution in [0.5, 0.6) is 0 Å². The van der Waals surface area contributed by atoms with Gasteiger partial charge in [0.15, 0.2) is 0 Å². The third kappa shape index (κ3) is 6.78. The van der Waals surface area contributed by atoms with Crippen LogP contribution < -0.4 is 0 Å². The van der Waals surface area contributed by atoms with E-state index >= 15 is 0 Å². The first-order valence-electron chi connectivity index (χ1n) is 11.8. The summed E-state index contributed by atoms with van der Waals surface area (Å²) in [4.78, 5) is 13.4. The Kier molecular flexibility index (Phi) is 8.12. The lowest BCUT2D eigenvalue weighted by molar-refractivity contribution is -0.128. The van der Waals surface area contributed by atoms with E-state index in [4.69, 9.17) is 0 Å². The molecule has 170 valence electrons. The zero-order chi connectivity index (χ0) is 22.4. The molecule has 1 amide bonds. The Morgan fingerprint density at radius 3 is 2.65 bits per heavy atom. The number of hydrogen-bond acceptors (Lipinski definition) is 3. The summed E-state index contributed by atoms with van der Waals surface area (Å²) < 4.78 is 0. The van der Waals surface area contributed by atoms with Crippen molar-refractivity contribution >= 4 is 5.91 Å². The molecular weight excluding hydrogens is 386 g/mol. The van der Waals surface area contributed by atoms with Crippen molar-refractivity contribution in [2.24, 2.45) is 17.8 Å². The van der Waals surface area contributed by atoms with Gasteiger partial charge in [0.2, 0.25) is 5.91 Å². The van der Waals surface area contributed by atoms with Crippen molar-refractivity contribution in [3.63, 3.8) is 0 Å². The smallest absolute Gasteiger partial charge is 0.222 e. The molecule has 0 spiro atoms. The first kappa shape index (κ1) is 23.7. The van der Waals surface area contributed by atoms with Crippen LogP contribution in [-0.4, -0.2) is 46.8 Å². The minimum atomic E-state index is -0.874. The first-order valence-corrected chi connectivity index (χ1v) is 11.8. The van der Waals surface area contributed by atoms with E-state index in [1.807, 2.05) is 31.2 Å². The average Bonchev–Trinajstić information content (AvgIpc) is 3.25. The molecule has 2 aliphatic rings. The van der Waals surface area contributed by atoms with E-state index in [-0.39, 0.29) is 17.9 Å². The molecule has 0 unspecified atom stereocenters. The molecule has 4 heteroatoms. The maximum atomic E-state index is 11.7. The van der Waals surface area contributed by atoms with Gasteiger partial charge in [0.05, 0.1) is 11.7 Å². The summed E-state index contributed by atoms with van der Waals surface area (Å²) in [6.07, 6.45) is 13.0. The largest absolute Gasteiger partial charge is 0.392 e. The lowest BCUT2D eigenvalue weighted by Gasteiger charge is -2.23. The molecule has 0 aromatic heterocycles. The van der Waals surface area contributed by atoms with Crippen LogP contribution in [0.1, 0.15) is 57.4 Å². The number of nitrogens with zero attached hydrogens (tertiary/aromatic N) is 1. The monoisotopic (exact) mass is 425 g/mol. The summed E-state index contributed by atoms with van der Waals surface area (Å²) in [5.41, 5.74) is 1.84. The maximum Gasteiger partial charge on any atom is 0.222 e. The number of aliphatic hydroxyl groups is 2. The van der Waals surface area contributed by atoms with Crippen molar-refractivity contribution < 1.29 is 15.0 Å². The Labute approximate surface area is 187 Å². The molecule has 1 aromatic carbocycles. The Balaban J connectivity index is 1.48. The highest BCUT2D eigenvalue weighted by Gasteiger charge is 2.43. The van der Waals surface area contributed by atoms with Gasteiger partial charge in [-0.05, 0) is 69.3 Å². The minimum absolute atomic E-state index is 0.109. The highest BCUT2D eigenvalue weighted by Crippen LogP contribution is 2.48. The third-order valence-corrected chi connectivity index (χ3v) is 7.03. The number of amides is 1. The van der Waals surface area contributed by atoms with E-state index in [0.29, 0.717) is 24.7 Å². The maximum absolute atomic E-state index is 11.7. The molecule has 2 N–H and O–H groups in total. The van der Waals surface area contributed by atoms with Crippen LogP contribution in [0.3, 0.4) is 0 Å². The second-order valence-corrected chi connectivity index (χ2v) is 9.93. The molecule has 0 bridgehead atoms. The van der Waals surface area contributed by atoms with Gasteiger partial charge in [-0.15, -0.1) is 0 Å². The number of aliphatic hydroxyl groups excluding tert-OH is 1. The molecule has 5 atom stereocenters. The Hall–Kier alpha value is -1.91. The van der Waals surface area contributed by atoms with Gasteiger partial charge >= 0.3 is 0 Å². The molecular formula is C27H39NO3. The predicted molar refractivity (Wildman–Crippen MR) is 125 cm³/mol. The average molecular weight is 426 g/mol. The van der Waals surface area contributed by atoms with Crippen LogP contribution >= 0.6 is 0 Å². The quantitative estimate of drug-likeness (QED) is 0.428. The minimum Gasteiger partial charge on any atom is -0.392 e.